The lowest BCUT2D eigenvalue weighted by molar-refractivity contribution is 0.380. The van der Waals surface area contributed by atoms with Crippen LogP contribution < -0.4 is 4.74 Å². The Balaban J connectivity index is 2.07. The smallest absolute Gasteiger partial charge is 0.260 e. The Kier molecular flexibility index (Phi) is 3.16. The fraction of sp³-hybridized carbons (Fsp3) is 0.0769. The molecule has 3 aromatic rings. The van der Waals surface area contributed by atoms with Crippen LogP contribution in [-0.4, -0.2) is 19.7 Å². The summed E-state index contributed by atoms with van der Waals surface area (Å²) >= 11 is 11.8. The zero-order valence-corrected chi connectivity index (χ0v) is 11.9. The number of benzene rings is 1. The second-order valence-electron chi connectivity index (χ2n) is 4.13. The maximum absolute atomic E-state index is 10.2. The second-order valence-corrected chi connectivity index (χ2v) is 4.94. The molecule has 0 bridgehead atoms. The highest BCUT2D eigenvalue weighted by Crippen LogP contribution is 2.35. The molecule has 102 valence electrons. The molecule has 0 amide bonds. The van der Waals surface area contributed by atoms with Crippen LogP contribution in [0.4, 0.5) is 0 Å². The maximum Gasteiger partial charge on any atom is 0.260 e. The van der Waals surface area contributed by atoms with Crippen LogP contribution >= 0.6 is 23.2 Å². The van der Waals surface area contributed by atoms with E-state index in [0.717, 1.165) is 0 Å². The summed E-state index contributed by atoms with van der Waals surface area (Å²) in [6.07, 6.45) is 1.55. The molecule has 2 heterocycles. The Morgan fingerprint density at radius 3 is 2.75 bits per heavy atom. The Bertz CT molecular complexity index is 802. The highest BCUT2D eigenvalue weighted by Gasteiger charge is 2.15. The van der Waals surface area contributed by atoms with E-state index in [1.165, 1.54) is 4.52 Å². The van der Waals surface area contributed by atoms with Gasteiger partial charge in [-0.3, -0.25) is 0 Å². The molecule has 0 atom stereocenters. The Morgan fingerprint density at radius 2 is 2.00 bits per heavy atom. The van der Waals surface area contributed by atoms with Crippen LogP contribution in [0.1, 0.15) is 5.69 Å². The average molecular weight is 310 g/mol. The summed E-state index contributed by atoms with van der Waals surface area (Å²) < 4.78 is 6.93. The Hall–Kier alpha value is -1.98. The van der Waals surface area contributed by atoms with Gasteiger partial charge in [-0.25, -0.2) is 4.98 Å². The number of rotatable bonds is 2. The lowest BCUT2D eigenvalue weighted by Gasteiger charge is -2.11. The topological polar surface area (TPSA) is 59.7 Å². The molecule has 0 aliphatic heterocycles. The molecule has 0 unspecified atom stereocenters. The zero-order valence-electron chi connectivity index (χ0n) is 10.3. The molecule has 5 nitrogen and oxygen atoms in total. The monoisotopic (exact) mass is 309 g/mol. The summed E-state index contributed by atoms with van der Waals surface area (Å²) in [7, 11) is 0. The van der Waals surface area contributed by atoms with Crippen molar-refractivity contribution in [3.8, 4) is 17.4 Å². The first kappa shape index (κ1) is 13.0. The Labute approximate surface area is 124 Å². The van der Waals surface area contributed by atoms with Gasteiger partial charge in [0.2, 0.25) is 5.75 Å². The third-order valence-electron chi connectivity index (χ3n) is 2.75. The minimum atomic E-state index is -0.122. The van der Waals surface area contributed by atoms with E-state index in [1.54, 1.807) is 37.4 Å². The number of hydrogen-bond donors (Lipinski definition) is 1. The molecule has 7 heteroatoms. The average Bonchev–Trinajstić information content (AvgIpc) is 2.87. The first-order valence-corrected chi connectivity index (χ1v) is 6.48. The van der Waals surface area contributed by atoms with Crippen molar-refractivity contribution in [1.29, 1.82) is 0 Å². The van der Waals surface area contributed by atoms with Gasteiger partial charge < -0.3 is 9.84 Å². The normalized spacial score (nSPS) is 10.9. The van der Waals surface area contributed by atoms with Crippen molar-refractivity contribution < 1.29 is 9.84 Å². The lowest BCUT2D eigenvalue weighted by Crippen LogP contribution is -1.98. The van der Waals surface area contributed by atoms with Gasteiger partial charge in [-0.2, -0.15) is 9.61 Å². The molecular formula is C13H9Cl2N3O2. The van der Waals surface area contributed by atoms with Crippen molar-refractivity contribution in [3.05, 3.63) is 46.2 Å². The number of fused-ring (bicyclic) bond motifs is 1. The molecule has 0 radical (unpaired) electrons. The van der Waals surface area contributed by atoms with Crippen molar-refractivity contribution >= 4 is 28.8 Å². The molecule has 1 aromatic carbocycles. The zero-order chi connectivity index (χ0) is 14.3. The van der Waals surface area contributed by atoms with Crippen molar-refractivity contribution in [2.45, 2.75) is 6.92 Å². The first-order valence-electron chi connectivity index (χ1n) is 5.72. The predicted molar refractivity (Wildman–Crippen MR) is 75.9 cm³/mol. The van der Waals surface area contributed by atoms with Gasteiger partial charge in [-0.05, 0) is 19.1 Å². The van der Waals surface area contributed by atoms with Gasteiger partial charge in [-0.15, -0.1) is 0 Å². The van der Waals surface area contributed by atoms with E-state index in [2.05, 4.69) is 10.1 Å². The quantitative estimate of drug-likeness (QED) is 0.781. The van der Waals surface area contributed by atoms with E-state index in [0.29, 0.717) is 27.1 Å². The lowest BCUT2D eigenvalue weighted by atomic mass is 10.3. The summed E-state index contributed by atoms with van der Waals surface area (Å²) in [4.78, 5) is 4.29. The van der Waals surface area contributed by atoms with Crippen molar-refractivity contribution in [1.82, 2.24) is 14.6 Å². The minimum absolute atomic E-state index is 0.122. The number of aryl methyl sites for hydroxylation is 1. The summed E-state index contributed by atoms with van der Waals surface area (Å²) in [6.45, 7) is 1.74. The van der Waals surface area contributed by atoms with Crippen molar-refractivity contribution in [2.24, 2.45) is 0 Å². The maximum atomic E-state index is 10.2. The Morgan fingerprint density at radius 1 is 1.20 bits per heavy atom. The van der Waals surface area contributed by atoms with Gasteiger partial charge in [0.1, 0.15) is 5.75 Å². The predicted octanol–water partition coefficient (Wildman–Crippen LogP) is 3.84. The van der Waals surface area contributed by atoms with Gasteiger partial charge >= 0.3 is 0 Å². The molecule has 0 spiro atoms. The summed E-state index contributed by atoms with van der Waals surface area (Å²) in [5.74, 6) is 0.550. The van der Waals surface area contributed by atoms with Crippen LogP contribution in [0.3, 0.4) is 0 Å². The summed E-state index contributed by atoms with van der Waals surface area (Å²) in [5.41, 5.74) is 1.09. The van der Waals surface area contributed by atoms with Crippen molar-refractivity contribution in [2.75, 3.05) is 0 Å². The molecule has 0 saturated heterocycles. The number of ether oxygens (including phenoxy) is 1. The largest absolute Gasteiger partial charge is 0.490 e. The fourth-order valence-corrected chi connectivity index (χ4v) is 2.09. The van der Waals surface area contributed by atoms with Crippen molar-refractivity contribution in [3.63, 3.8) is 0 Å². The van der Waals surface area contributed by atoms with Crippen LogP contribution in [0.25, 0.3) is 5.65 Å². The highest BCUT2D eigenvalue weighted by atomic mass is 35.5. The van der Waals surface area contributed by atoms with Gasteiger partial charge in [-0.1, -0.05) is 23.2 Å². The van der Waals surface area contributed by atoms with Gasteiger partial charge in [0, 0.05) is 12.1 Å². The highest BCUT2D eigenvalue weighted by molar-refractivity contribution is 6.42. The van der Waals surface area contributed by atoms with Crippen LogP contribution in [0.5, 0.6) is 17.4 Å². The second kappa shape index (κ2) is 4.85. The SMILES string of the molecule is Cc1nc2ccnn2c(O)c1Oc1ccc(Cl)c(Cl)c1. The van der Waals surface area contributed by atoms with Gasteiger partial charge in [0.15, 0.2) is 5.65 Å². The van der Waals surface area contributed by atoms with Gasteiger partial charge in [0.05, 0.1) is 21.9 Å². The van der Waals surface area contributed by atoms with Crippen LogP contribution in [0.2, 0.25) is 10.0 Å². The van der Waals surface area contributed by atoms with E-state index in [4.69, 9.17) is 27.9 Å². The molecule has 2 aromatic heterocycles. The van der Waals surface area contributed by atoms with E-state index in [1.807, 2.05) is 0 Å². The molecule has 3 rings (SSSR count). The molecular weight excluding hydrogens is 301 g/mol. The third kappa shape index (κ3) is 2.15. The molecule has 0 fully saturated rings. The molecule has 0 aliphatic carbocycles. The third-order valence-corrected chi connectivity index (χ3v) is 3.49. The molecule has 0 aliphatic rings. The number of halogens is 2. The van der Waals surface area contributed by atoms with E-state index < -0.39 is 0 Å². The van der Waals surface area contributed by atoms with E-state index in [-0.39, 0.29) is 11.6 Å². The van der Waals surface area contributed by atoms with E-state index >= 15 is 0 Å². The fourth-order valence-electron chi connectivity index (χ4n) is 1.80. The molecule has 1 N–H and O–H groups in total. The van der Waals surface area contributed by atoms with Crippen LogP contribution in [0, 0.1) is 6.92 Å². The van der Waals surface area contributed by atoms with Crippen LogP contribution in [-0.2, 0) is 0 Å². The first-order chi connectivity index (χ1) is 9.56. The van der Waals surface area contributed by atoms with E-state index in [9.17, 15) is 5.11 Å². The summed E-state index contributed by atoms with van der Waals surface area (Å²) in [5, 5.41) is 15.0. The molecule has 0 saturated carbocycles. The minimum Gasteiger partial charge on any atom is -0.490 e. The molecule has 20 heavy (non-hydrogen) atoms. The number of hydrogen-bond acceptors (Lipinski definition) is 4. The van der Waals surface area contributed by atoms with Gasteiger partial charge in [0.25, 0.3) is 5.88 Å². The summed E-state index contributed by atoms with van der Waals surface area (Å²) in [6, 6.07) is 6.53. The number of aromatic hydroxyl groups is 1. The van der Waals surface area contributed by atoms with Crippen LogP contribution in [0.15, 0.2) is 30.5 Å². The number of aromatic nitrogens is 3. The standard InChI is InChI=1S/C13H9Cl2N3O2/c1-7-12(13(19)18-11(17-7)4-5-16-18)20-8-2-3-9(14)10(15)6-8/h2-6,19H,1H3. The number of nitrogens with zero attached hydrogens (tertiary/aromatic N) is 3.